The van der Waals surface area contributed by atoms with E-state index in [-0.39, 0.29) is 11.6 Å². The van der Waals surface area contributed by atoms with Crippen LogP contribution in [-0.4, -0.2) is 17.0 Å². The first-order valence-electron chi connectivity index (χ1n) is 5.81. The molecule has 1 aromatic rings. The van der Waals surface area contributed by atoms with Crippen molar-refractivity contribution >= 4 is 28.9 Å². The Morgan fingerprint density at radius 1 is 1.50 bits per heavy atom. The van der Waals surface area contributed by atoms with Gasteiger partial charge in [-0.05, 0) is 24.6 Å². The van der Waals surface area contributed by atoms with Crippen molar-refractivity contribution in [3.63, 3.8) is 0 Å². The molecule has 4 heteroatoms. The third-order valence-corrected chi connectivity index (χ3v) is 3.19. The summed E-state index contributed by atoms with van der Waals surface area (Å²) in [4.78, 5) is 12.1. The van der Waals surface area contributed by atoms with Crippen LogP contribution in [0.15, 0.2) is 43.0 Å². The number of carbonyl (C=O) groups excluding carboxylic acids is 1. The molecule has 1 aromatic carbocycles. The van der Waals surface area contributed by atoms with E-state index in [1.54, 1.807) is 12.1 Å². The van der Waals surface area contributed by atoms with Crippen LogP contribution in [0.2, 0.25) is 0 Å². The van der Waals surface area contributed by atoms with Crippen molar-refractivity contribution in [3.8, 4) is 0 Å². The van der Waals surface area contributed by atoms with Crippen molar-refractivity contribution in [1.82, 2.24) is 0 Å². The van der Waals surface area contributed by atoms with Gasteiger partial charge in [-0.1, -0.05) is 31.7 Å². The highest BCUT2D eigenvalue weighted by Crippen LogP contribution is 2.19. The fourth-order valence-corrected chi connectivity index (χ4v) is 1.85. The molecule has 0 saturated heterocycles. The van der Waals surface area contributed by atoms with Crippen LogP contribution in [0.25, 0.3) is 0 Å². The first kappa shape index (κ1) is 14.5. The Kier molecular flexibility index (Phi) is 5.59. The van der Waals surface area contributed by atoms with Crippen molar-refractivity contribution < 1.29 is 4.79 Å². The molecular weight excluding hydrogens is 248 g/mol. The van der Waals surface area contributed by atoms with Crippen LogP contribution >= 0.6 is 11.6 Å². The SMILES string of the molecule is C=CC(=N)C(C(=O)Nc1ccccc1)C(Cl)CC. The lowest BCUT2D eigenvalue weighted by Crippen LogP contribution is -2.35. The number of carbonyl (C=O) groups is 1. The fraction of sp³-hybridized carbons (Fsp3) is 0.286. The number of nitrogens with one attached hydrogen (secondary N) is 2. The van der Waals surface area contributed by atoms with Crippen LogP contribution in [0.5, 0.6) is 0 Å². The first-order valence-corrected chi connectivity index (χ1v) is 6.24. The summed E-state index contributed by atoms with van der Waals surface area (Å²) in [6.07, 6.45) is 1.98. The van der Waals surface area contributed by atoms with Gasteiger partial charge in [0.05, 0.1) is 11.3 Å². The Labute approximate surface area is 112 Å². The van der Waals surface area contributed by atoms with Crippen LogP contribution in [0, 0.1) is 11.3 Å². The van der Waals surface area contributed by atoms with E-state index in [4.69, 9.17) is 17.0 Å². The summed E-state index contributed by atoms with van der Waals surface area (Å²) >= 11 is 6.12. The van der Waals surface area contributed by atoms with Crippen LogP contribution in [0.1, 0.15) is 13.3 Å². The molecule has 3 nitrogen and oxygen atoms in total. The number of halogens is 1. The van der Waals surface area contributed by atoms with Gasteiger partial charge in [0.25, 0.3) is 0 Å². The molecule has 0 saturated carbocycles. The number of alkyl halides is 1. The number of rotatable bonds is 6. The first-order chi connectivity index (χ1) is 8.60. The summed E-state index contributed by atoms with van der Waals surface area (Å²) in [5, 5.41) is 10.1. The minimum atomic E-state index is -0.672. The molecule has 0 aliphatic carbocycles. The van der Waals surface area contributed by atoms with E-state index in [9.17, 15) is 4.79 Å². The monoisotopic (exact) mass is 264 g/mol. The average molecular weight is 265 g/mol. The quantitative estimate of drug-likeness (QED) is 0.600. The number of hydrogen-bond donors (Lipinski definition) is 2. The molecule has 0 fully saturated rings. The zero-order valence-corrected chi connectivity index (χ0v) is 11.1. The van der Waals surface area contributed by atoms with Gasteiger partial charge < -0.3 is 10.7 Å². The minimum Gasteiger partial charge on any atom is -0.325 e. The van der Waals surface area contributed by atoms with E-state index in [2.05, 4.69) is 11.9 Å². The molecule has 2 N–H and O–H groups in total. The van der Waals surface area contributed by atoms with E-state index in [1.807, 2.05) is 25.1 Å². The van der Waals surface area contributed by atoms with Crippen molar-refractivity contribution in [2.75, 3.05) is 5.32 Å². The molecule has 0 aliphatic heterocycles. The highest BCUT2D eigenvalue weighted by Gasteiger charge is 2.28. The van der Waals surface area contributed by atoms with Gasteiger partial charge >= 0.3 is 0 Å². The zero-order valence-electron chi connectivity index (χ0n) is 10.3. The topological polar surface area (TPSA) is 53.0 Å². The van der Waals surface area contributed by atoms with Crippen LogP contribution in [0.3, 0.4) is 0 Å². The lowest BCUT2D eigenvalue weighted by Gasteiger charge is -2.20. The van der Waals surface area contributed by atoms with Crippen molar-refractivity contribution in [3.05, 3.63) is 43.0 Å². The summed E-state index contributed by atoms with van der Waals surface area (Å²) in [6, 6.07) is 9.13. The van der Waals surface area contributed by atoms with E-state index in [0.717, 1.165) is 0 Å². The normalized spacial score (nSPS) is 13.4. The van der Waals surface area contributed by atoms with E-state index in [0.29, 0.717) is 12.1 Å². The molecule has 0 aliphatic rings. The fourth-order valence-electron chi connectivity index (χ4n) is 1.60. The summed E-state index contributed by atoms with van der Waals surface area (Å²) in [5.41, 5.74) is 0.842. The maximum Gasteiger partial charge on any atom is 0.234 e. The van der Waals surface area contributed by atoms with Gasteiger partial charge in [-0.2, -0.15) is 0 Å². The largest absolute Gasteiger partial charge is 0.325 e. The van der Waals surface area contributed by atoms with Gasteiger partial charge in [0.15, 0.2) is 0 Å². The van der Waals surface area contributed by atoms with E-state index >= 15 is 0 Å². The third-order valence-electron chi connectivity index (χ3n) is 2.63. The summed E-state index contributed by atoms with van der Waals surface area (Å²) in [7, 11) is 0. The molecule has 0 spiro atoms. The lowest BCUT2D eigenvalue weighted by atomic mass is 9.96. The van der Waals surface area contributed by atoms with Crippen LogP contribution in [-0.2, 0) is 4.79 Å². The number of hydrogen-bond acceptors (Lipinski definition) is 2. The Balaban J connectivity index is 2.83. The third kappa shape index (κ3) is 3.70. The van der Waals surface area contributed by atoms with Crippen molar-refractivity contribution in [2.24, 2.45) is 5.92 Å². The molecule has 2 atom stereocenters. The van der Waals surface area contributed by atoms with Crippen molar-refractivity contribution in [1.29, 1.82) is 5.41 Å². The second kappa shape index (κ2) is 6.97. The molecule has 0 bridgehead atoms. The Hall–Kier alpha value is -1.61. The number of allylic oxidation sites excluding steroid dienone is 1. The maximum absolute atomic E-state index is 12.1. The second-order valence-corrected chi connectivity index (χ2v) is 4.48. The molecule has 1 amide bonds. The Morgan fingerprint density at radius 3 is 2.61 bits per heavy atom. The molecule has 2 unspecified atom stereocenters. The molecular formula is C14H17ClN2O. The number of anilines is 1. The standard InChI is InChI=1S/C14H17ClN2O/c1-3-11(15)13(12(16)4-2)14(18)17-10-8-6-5-7-9-10/h4-9,11,13,16H,2-3H2,1H3,(H,17,18). The van der Waals surface area contributed by atoms with Gasteiger partial charge in [0.1, 0.15) is 0 Å². The predicted octanol–water partition coefficient (Wildman–Crippen LogP) is 3.46. The summed E-state index contributed by atoms with van der Waals surface area (Å²) < 4.78 is 0. The number of benzene rings is 1. The van der Waals surface area contributed by atoms with Gasteiger partial charge in [-0.25, -0.2) is 0 Å². The molecule has 1 rings (SSSR count). The van der Waals surface area contributed by atoms with Crippen LogP contribution < -0.4 is 5.32 Å². The number of para-hydroxylation sites is 1. The highest BCUT2D eigenvalue weighted by molar-refractivity contribution is 6.27. The molecule has 0 heterocycles. The van der Waals surface area contributed by atoms with Gasteiger partial charge in [-0.3, -0.25) is 4.79 Å². The van der Waals surface area contributed by atoms with Crippen LogP contribution in [0.4, 0.5) is 5.69 Å². The Morgan fingerprint density at radius 2 is 2.11 bits per heavy atom. The van der Waals surface area contributed by atoms with Gasteiger partial charge in [0.2, 0.25) is 5.91 Å². The highest BCUT2D eigenvalue weighted by atomic mass is 35.5. The lowest BCUT2D eigenvalue weighted by molar-refractivity contribution is -0.118. The molecule has 96 valence electrons. The zero-order chi connectivity index (χ0) is 13.5. The van der Waals surface area contributed by atoms with Gasteiger partial charge in [-0.15, -0.1) is 11.6 Å². The number of amides is 1. The molecule has 0 radical (unpaired) electrons. The van der Waals surface area contributed by atoms with Crippen molar-refractivity contribution in [2.45, 2.75) is 18.7 Å². The molecule has 0 aromatic heterocycles. The predicted molar refractivity (Wildman–Crippen MR) is 76.4 cm³/mol. The average Bonchev–Trinajstić information content (AvgIpc) is 2.39. The maximum atomic E-state index is 12.1. The summed E-state index contributed by atoms with van der Waals surface area (Å²) in [6.45, 7) is 5.41. The van der Waals surface area contributed by atoms with Gasteiger partial charge in [0, 0.05) is 11.4 Å². The molecule has 18 heavy (non-hydrogen) atoms. The van der Waals surface area contributed by atoms with E-state index < -0.39 is 11.3 Å². The summed E-state index contributed by atoms with van der Waals surface area (Å²) in [5.74, 6) is -0.942. The van der Waals surface area contributed by atoms with E-state index in [1.165, 1.54) is 6.08 Å². The smallest absolute Gasteiger partial charge is 0.234 e. The second-order valence-electron chi connectivity index (χ2n) is 3.92. The minimum absolute atomic E-state index is 0.144. The Bertz CT molecular complexity index is 431.